The maximum Gasteiger partial charge on any atom is 0.338 e. The van der Waals surface area contributed by atoms with E-state index < -0.39 is 0 Å². The summed E-state index contributed by atoms with van der Waals surface area (Å²) in [6, 6.07) is 11.3. The van der Waals surface area contributed by atoms with Crippen LogP contribution in [0.25, 0.3) is 11.0 Å². The fraction of sp³-hybridized carbons (Fsp3) is 0.417. The fourth-order valence-corrected chi connectivity index (χ4v) is 4.32. The molecule has 1 aromatic heterocycles. The van der Waals surface area contributed by atoms with Gasteiger partial charge in [-0.1, -0.05) is 30.5 Å². The highest BCUT2D eigenvalue weighted by molar-refractivity contribution is 6.31. The third kappa shape index (κ3) is 4.46. The van der Waals surface area contributed by atoms with Crippen LogP contribution in [0.2, 0.25) is 5.02 Å². The quantitative estimate of drug-likeness (QED) is 0.448. The molecule has 158 valence electrons. The van der Waals surface area contributed by atoms with E-state index in [0.29, 0.717) is 29.7 Å². The number of carbonyl (C=O) groups is 1. The predicted molar refractivity (Wildman–Crippen MR) is 118 cm³/mol. The van der Waals surface area contributed by atoms with Crippen molar-refractivity contribution < 1.29 is 14.3 Å². The zero-order chi connectivity index (χ0) is 21.1. The Morgan fingerprint density at radius 3 is 2.73 bits per heavy atom. The average molecular weight is 427 g/mol. The standard InChI is InChI=1S/C24H27ClN2O3/c1-3-29-24(28)18-9-11-22-23(12-18)27(16(2)26-22)14-19-8-10-20(13-21(19)25)30-15-17-6-4-5-7-17/h8-13,17H,3-7,14-15H2,1-2H3. The number of halogens is 1. The molecule has 30 heavy (non-hydrogen) atoms. The molecule has 3 aromatic rings. The molecule has 2 aromatic carbocycles. The first kappa shape index (κ1) is 20.7. The Bertz CT molecular complexity index is 1050. The molecular weight excluding hydrogens is 400 g/mol. The maximum absolute atomic E-state index is 12.1. The van der Waals surface area contributed by atoms with Crippen molar-refractivity contribution in [2.45, 2.75) is 46.1 Å². The molecule has 0 saturated heterocycles. The number of imidazole rings is 1. The summed E-state index contributed by atoms with van der Waals surface area (Å²) < 4.78 is 13.2. The van der Waals surface area contributed by atoms with E-state index in [0.717, 1.165) is 34.8 Å². The maximum atomic E-state index is 12.1. The topological polar surface area (TPSA) is 53.3 Å². The molecule has 5 nitrogen and oxygen atoms in total. The molecule has 0 amide bonds. The first-order valence-electron chi connectivity index (χ1n) is 10.6. The number of aromatic nitrogens is 2. The lowest BCUT2D eigenvalue weighted by Gasteiger charge is -2.14. The van der Waals surface area contributed by atoms with Crippen molar-refractivity contribution in [3.05, 3.63) is 58.4 Å². The molecule has 6 heteroatoms. The zero-order valence-corrected chi connectivity index (χ0v) is 18.2. The first-order valence-corrected chi connectivity index (χ1v) is 11.0. The van der Waals surface area contributed by atoms with E-state index in [4.69, 9.17) is 21.1 Å². The lowest BCUT2D eigenvalue weighted by Crippen LogP contribution is -2.08. The van der Waals surface area contributed by atoms with Crippen LogP contribution < -0.4 is 4.74 Å². The highest BCUT2D eigenvalue weighted by Crippen LogP contribution is 2.29. The van der Waals surface area contributed by atoms with Gasteiger partial charge < -0.3 is 14.0 Å². The van der Waals surface area contributed by atoms with Gasteiger partial charge in [0.25, 0.3) is 0 Å². The van der Waals surface area contributed by atoms with Crippen LogP contribution in [0, 0.1) is 12.8 Å². The molecule has 0 bridgehead atoms. The van der Waals surface area contributed by atoms with E-state index in [1.54, 1.807) is 13.0 Å². The van der Waals surface area contributed by atoms with Gasteiger partial charge >= 0.3 is 5.97 Å². The van der Waals surface area contributed by atoms with Crippen LogP contribution in [-0.4, -0.2) is 28.7 Å². The van der Waals surface area contributed by atoms with E-state index in [1.165, 1.54) is 25.7 Å². The largest absolute Gasteiger partial charge is 0.493 e. The Labute approximate surface area is 182 Å². The highest BCUT2D eigenvalue weighted by atomic mass is 35.5. The third-order valence-corrected chi connectivity index (χ3v) is 6.12. The second kappa shape index (κ2) is 9.09. The minimum atomic E-state index is -0.327. The summed E-state index contributed by atoms with van der Waals surface area (Å²) in [7, 11) is 0. The van der Waals surface area contributed by atoms with Gasteiger partial charge in [0.05, 0.1) is 36.4 Å². The monoisotopic (exact) mass is 426 g/mol. The molecule has 1 aliphatic carbocycles. The number of esters is 1. The first-order chi connectivity index (χ1) is 14.5. The summed E-state index contributed by atoms with van der Waals surface area (Å²) in [4.78, 5) is 16.7. The highest BCUT2D eigenvalue weighted by Gasteiger charge is 2.17. The van der Waals surface area contributed by atoms with Gasteiger partial charge in [0.1, 0.15) is 11.6 Å². The second-order valence-electron chi connectivity index (χ2n) is 7.88. The molecule has 0 N–H and O–H groups in total. The summed E-state index contributed by atoms with van der Waals surface area (Å²) in [6.07, 6.45) is 5.13. The number of benzene rings is 2. The van der Waals surface area contributed by atoms with Crippen molar-refractivity contribution in [2.75, 3.05) is 13.2 Å². The van der Waals surface area contributed by atoms with Crippen LogP contribution in [-0.2, 0) is 11.3 Å². The van der Waals surface area contributed by atoms with E-state index in [9.17, 15) is 4.79 Å². The molecule has 1 saturated carbocycles. The van der Waals surface area contributed by atoms with Gasteiger partial charge in [0.15, 0.2) is 0 Å². The Morgan fingerprint density at radius 1 is 1.20 bits per heavy atom. The summed E-state index contributed by atoms with van der Waals surface area (Å²) >= 11 is 6.58. The average Bonchev–Trinajstić information content (AvgIpc) is 3.36. The number of fused-ring (bicyclic) bond motifs is 1. The zero-order valence-electron chi connectivity index (χ0n) is 17.5. The molecule has 0 aliphatic heterocycles. The smallest absolute Gasteiger partial charge is 0.338 e. The number of carbonyl (C=O) groups excluding carboxylic acids is 1. The molecule has 4 rings (SSSR count). The number of aryl methyl sites for hydroxylation is 1. The van der Waals surface area contributed by atoms with Crippen molar-refractivity contribution in [3.63, 3.8) is 0 Å². The van der Waals surface area contributed by atoms with Crippen molar-refractivity contribution in [1.82, 2.24) is 9.55 Å². The molecule has 0 radical (unpaired) electrons. The number of rotatable bonds is 7. The van der Waals surface area contributed by atoms with Crippen LogP contribution in [0.5, 0.6) is 5.75 Å². The normalized spacial score (nSPS) is 14.4. The van der Waals surface area contributed by atoms with Gasteiger partial charge in [-0.25, -0.2) is 9.78 Å². The van der Waals surface area contributed by atoms with Gasteiger partial charge in [-0.3, -0.25) is 0 Å². The van der Waals surface area contributed by atoms with Gasteiger partial charge in [-0.05, 0) is 68.5 Å². The molecule has 0 unspecified atom stereocenters. The van der Waals surface area contributed by atoms with Crippen molar-refractivity contribution >= 4 is 28.6 Å². The van der Waals surface area contributed by atoms with Gasteiger partial charge in [0.2, 0.25) is 0 Å². The third-order valence-electron chi connectivity index (χ3n) is 5.76. The number of hydrogen-bond donors (Lipinski definition) is 0. The summed E-state index contributed by atoms with van der Waals surface area (Å²) in [5, 5.41) is 0.668. The van der Waals surface area contributed by atoms with Crippen molar-refractivity contribution in [2.24, 2.45) is 5.92 Å². The minimum absolute atomic E-state index is 0.327. The van der Waals surface area contributed by atoms with Gasteiger partial charge in [-0.15, -0.1) is 0 Å². The Morgan fingerprint density at radius 2 is 2.00 bits per heavy atom. The van der Waals surface area contributed by atoms with E-state index in [2.05, 4.69) is 9.55 Å². The van der Waals surface area contributed by atoms with Crippen LogP contribution in [0.3, 0.4) is 0 Å². The molecular formula is C24H27ClN2O3. The number of hydrogen-bond acceptors (Lipinski definition) is 4. The number of nitrogens with zero attached hydrogens (tertiary/aromatic N) is 2. The van der Waals surface area contributed by atoms with Gasteiger partial charge in [-0.2, -0.15) is 0 Å². The van der Waals surface area contributed by atoms with Gasteiger partial charge in [0, 0.05) is 5.02 Å². The summed E-state index contributed by atoms with van der Waals surface area (Å²) in [5.41, 5.74) is 3.23. The lowest BCUT2D eigenvalue weighted by molar-refractivity contribution is 0.0526. The van der Waals surface area contributed by atoms with Crippen LogP contribution in [0.15, 0.2) is 36.4 Å². The molecule has 0 atom stereocenters. The van der Waals surface area contributed by atoms with Crippen LogP contribution in [0.4, 0.5) is 0 Å². The summed E-state index contributed by atoms with van der Waals surface area (Å²) in [5.74, 6) is 2.01. The molecule has 1 heterocycles. The molecule has 1 aliphatic rings. The Balaban J connectivity index is 1.54. The summed E-state index contributed by atoms with van der Waals surface area (Å²) in [6.45, 7) is 5.43. The Kier molecular flexibility index (Phi) is 6.28. The lowest BCUT2D eigenvalue weighted by atomic mass is 10.1. The fourth-order valence-electron chi connectivity index (χ4n) is 4.09. The van der Waals surface area contributed by atoms with Crippen LogP contribution in [0.1, 0.15) is 54.4 Å². The Hall–Kier alpha value is -2.53. The molecule has 1 fully saturated rings. The van der Waals surface area contributed by atoms with Crippen molar-refractivity contribution in [1.29, 1.82) is 0 Å². The predicted octanol–water partition coefficient (Wildman–Crippen LogP) is 5.79. The number of ether oxygens (including phenoxy) is 2. The van der Waals surface area contributed by atoms with E-state index in [-0.39, 0.29) is 5.97 Å². The van der Waals surface area contributed by atoms with Crippen molar-refractivity contribution in [3.8, 4) is 5.75 Å². The second-order valence-corrected chi connectivity index (χ2v) is 8.29. The minimum Gasteiger partial charge on any atom is -0.493 e. The molecule has 0 spiro atoms. The van der Waals surface area contributed by atoms with E-state index in [1.807, 2.05) is 37.3 Å². The van der Waals surface area contributed by atoms with Crippen LogP contribution >= 0.6 is 11.6 Å². The SMILES string of the molecule is CCOC(=O)c1ccc2nc(C)n(Cc3ccc(OCC4CCCC4)cc3Cl)c2c1. The van der Waals surface area contributed by atoms with E-state index >= 15 is 0 Å².